The maximum absolute atomic E-state index is 12.0. The number of nitrogens with one attached hydrogen (secondary N) is 1. The summed E-state index contributed by atoms with van der Waals surface area (Å²) >= 11 is 0. The molecule has 0 spiro atoms. The SMILES string of the molecule is CCCC(C)C(=O)C1COCC1NC. The molecule has 0 aromatic heterocycles. The van der Waals surface area contributed by atoms with Crippen molar-refractivity contribution in [2.24, 2.45) is 11.8 Å². The average Bonchev–Trinajstić information content (AvgIpc) is 2.64. The highest BCUT2D eigenvalue weighted by Gasteiger charge is 2.34. The van der Waals surface area contributed by atoms with Gasteiger partial charge in [0.05, 0.1) is 19.1 Å². The minimum atomic E-state index is 0.0709. The van der Waals surface area contributed by atoms with Crippen LogP contribution in [0.2, 0.25) is 0 Å². The normalized spacial score (nSPS) is 29.1. The molecular formula is C11H21NO2. The largest absolute Gasteiger partial charge is 0.379 e. The Balaban J connectivity index is 2.50. The number of hydrogen-bond donors (Lipinski definition) is 1. The molecule has 3 nitrogen and oxygen atoms in total. The quantitative estimate of drug-likeness (QED) is 0.723. The fourth-order valence-electron chi connectivity index (χ4n) is 2.06. The lowest BCUT2D eigenvalue weighted by Gasteiger charge is -2.19. The summed E-state index contributed by atoms with van der Waals surface area (Å²) in [6, 6.07) is 0.224. The van der Waals surface area contributed by atoms with E-state index in [2.05, 4.69) is 12.2 Å². The first-order chi connectivity index (χ1) is 6.70. The summed E-state index contributed by atoms with van der Waals surface area (Å²) in [5, 5.41) is 3.15. The molecule has 3 atom stereocenters. The molecule has 1 heterocycles. The Kier molecular flexibility index (Phi) is 4.55. The summed E-state index contributed by atoms with van der Waals surface area (Å²) in [6.07, 6.45) is 2.07. The zero-order valence-corrected chi connectivity index (χ0v) is 9.38. The zero-order chi connectivity index (χ0) is 10.6. The van der Waals surface area contributed by atoms with Crippen molar-refractivity contribution in [1.82, 2.24) is 5.32 Å². The lowest BCUT2D eigenvalue weighted by Crippen LogP contribution is -2.39. The molecule has 1 saturated heterocycles. The van der Waals surface area contributed by atoms with Crippen LogP contribution in [0.1, 0.15) is 26.7 Å². The van der Waals surface area contributed by atoms with Crippen molar-refractivity contribution in [1.29, 1.82) is 0 Å². The van der Waals surface area contributed by atoms with E-state index in [1.54, 1.807) is 0 Å². The van der Waals surface area contributed by atoms with Crippen LogP contribution in [-0.4, -0.2) is 32.1 Å². The number of carbonyl (C=O) groups is 1. The third-order valence-corrected chi connectivity index (χ3v) is 3.02. The Morgan fingerprint density at radius 3 is 2.86 bits per heavy atom. The summed E-state index contributed by atoms with van der Waals surface area (Å²) in [5.74, 6) is 0.618. The molecule has 1 aliphatic heterocycles. The Hall–Kier alpha value is -0.410. The van der Waals surface area contributed by atoms with Crippen LogP contribution in [0.3, 0.4) is 0 Å². The van der Waals surface area contributed by atoms with Gasteiger partial charge < -0.3 is 10.1 Å². The molecule has 1 fully saturated rings. The number of ether oxygens (including phenoxy) is 1. The van der Waals surface area contributed by atoms with E-state index in [0.717, 1.165) is 12.8 Å². The van der Waals surface area contributed by atoms with E-state index in [0.29, 0.717) is 19.0 Å². The topological polar surface area (TPSA) is 38.3 Å². The minimum Gasteiger partial charge on any atom is -0.379 e. The monoisotopic (exact) mass is 199 g/mol. The molecule has 14 heavy (non-hydrogen) atoms. The van der Waals surface area contributed by atoms with E-state index in [1.807, 2.05) is 14.0 Å². The smallest absolute Gasteiger partial charge is 0.142 e. The average molecular weight is 199 g/mol. The van der Waals surface area contributed by atoms with Gasteiger partial charge in [-0.25, -0.2) is 0 Å². The van der Waals surface area contributed by atoms with Crippen LogP contribution in [0.15, 0.2) is 0 Å². The van der Waals surface area contributed by atoms with Crippen LogP contribution < -0.4 is 5.32 Å². The highest BCUT2D eigenvalue weighted by atomic mass is 16.5. The molecule has 0 aromatic rings. The van der Waals surface area contributed by atoms with Crippen molar-refractivity contribution in [2.75, 3.05) is 20.3 Å². The van der Waals surface area contributed by atoms with Crippen LogP contribution in [0.4, 0.5) is 0 Å². The van der Waals surface area contributed by atoms with Crippen LogP contribution in [0.5, 0.6) is 0 Å². The second-order valence-corrected chi connectivity index (χ2v) is 4.13. The predicted molar refractivity (Wildman–Crippen MR) is 56.2 cm³/mol. The Labute approximate surface area is 86.2 Å². The summed E-state index contributed by atoms with van der Waals surface area (Å²) in [4.78, 5) is 12.0. The fraction of sp³-hybridized carbons (Fsp3) is 0.909. The number of rotatable bonds is 5. The number of likely N-dealkylation sites (N-methyl/N-ethyl adjacent to an activating group) is 1. The van der Waals surface area contributed by atoms with E-state index in [9.17, 15) is 4.79 Å². The van der Waals surface area contributed by atoms with Crippen molar-refractivity contribution in [3.05, 3.63) is 0 Å². The van der Waals surface area contributed by atoms with Gasteiger partial charge in [0.2, 0.25) is 0 Å². The maximum atomic E-state index is 12.0. The van der Waals surface area contributed by atoms with Crippen LogP contribution in [0.25, 0.3) is 0 Å². The van der Waals surface area contributed by atoms with Crippen molar-refractivity contribution in [2.45, 2.75) is 32.7 Å². The summed E-state index contributed by atoms with van der Waals surface area (Å²) in [5.41, 5.74) is 0. The van der Waals surface area contributed by atoms with Gasteiger partial charge in [0, 0.05) is 12.0 Å². The molecule has 1 N–H and O–H groups in total. The van der Waals surface area contributed by atoms with Crippen molar-refractivity contribution >= 4 is 5.78 Å². The van der Waals surface area contributed by atoms with Crippen LogP contribution in [0, 0.1) is 11.8 Å². The van der Waals surface area contributed by atoms with E-state index in [1.165, 1.54) is 0 Å². The first-order valence-electron chi connectivity index (χ1n) is 5.49. The number of carbonyl (C=O) groups excluding carboxylic acids is 1. The first kappa shape index (κ1) is 11.7. The lowest BCUT2D eigenvalue weighted by atomic mass is 9.88. The van der Waals surface area contributed by atoms with Gasteiger partial charge >= 0.3 is 0 Å². The van der Waals surface area contributed by atoms with E-state index < -0.39 is 0 Å². The Bertz CT molecular complexity index is 194. The second kappa shape index (κ2) is 5.47. The first-order valence-corrected chi connectivity index (χ1v) is 5.49. The van der Waals surface area contributed by atoms with Crippen LogP contribution in [-0.2, 0) is 9.53 Å². The number of Topliss-reactive ketones (excluding diaryl/α,β-unsaturated/α-hetero) is 1. The molecular weight excluding hydrogens is 178 g/mol. The van der Waals surface area contributed by atoms with Crippen molar-refractivity contribution in [3.63, 3.8) is 0 Å². The molecule has 0 aromatic carbocycles. The van der Waals surface area contributed by atoms with Gasteiger partial charge in [-0.05, 0) is 13.5 Å². The van der Waals surface area contributed by atoms with Crippen LogP contribution >= 0.6 is 0 Å². The second-order valence-electron chi connectivity index (χ2n) is 4.13. The van der Waals surface area contributed by atoms with Gasteiger partial charge in [-0.15, -0.1) is 0 Å². The molecule has 3 heteroatoms. The molecule has 0 radical (unpaired) electrons. The van der Waals surface area contributed by atoms with Gasteiger partial charge in [0.1, 0.15) is 5.78 Å². The Morgan fingerprint density at radius 2 is 2.29 bits per heavy atom. The molecule has 82 valence electrons. The van der Waals surface area contributed by atoms with Crippen molar-refractivity contribution < 1.29 is 9.53 Å². The predicted octanol–water partition coefficient (Wildman–Crippen LogP) is 1.23. The van der Waals surface area contributed by atoms with E-state index in [4.69, 9.17) is 4.74 Å². The van der Waals surface area contributed by atoms with Gasteiger partial charge in [0.15, 0.2) is 0 Å². The molecule has 0 saturated carbocycles. The summed E-state index contributed by atoms with van der Waals surface area (Å²) in [6.45, 7) is 5.41. The van der Waals surface area contributed by atoms with Crippen molar-refractivity contribution in [3.8, 4) is 0 Å². The summed E-state index contributed by atoms with van der Waals surface area (Å²) in [7, 11) is 1.89. The fourth-order valence-corrected chi connectivity index (χ4v) is 2.06. The molecule has 1 aliphatic rings. The van der Waals surface area contributed by atoms with Gasteiger partial charge in [0.25, 0.3) is 0 Å². The van der Waals surface area contributed by atoms with Gasteiger partial charge in [-0.1, -0.05) is 20.3 Å². The van der Waals surface area contributed by atoms with Gasteiger partial charge in [-0.2, -0.15) is 0 Å². The van der Waals surface area contributed by atoms with E-state index in [-0.39, 0.29) is 17.9 Å². The highest BCUT2D eigenvalue weighted by Crippen LogP contribution is 2.20. The third-order valence-electron chi connectivity index (χ3n) is 3.02. The molecule has 0 amide bonds. The third kappa shape index (κ3) is 2.55. The highest BCUT2D eigenvalue weighted by molar-refractivity contribution is 5.84. The Morgan fingerprint density at radius 1 is 1.57 bits per heavy atom. The molecule has 0 aliphatic carbocycles. The zero-order valence-electron chi connectivity index (χ0n) is 9.38. The standard InChI is InChI=1S/C11H21NO2/c1-4-5-8(2)11(13)9-6-14-7-10(9)12-3/h8-10,12H,4-7H2,1-3H3. The molecule has 1 rings (SSSR count). The number of hydrogen-bond acceptors (Lipinski definition) is 3. The molecule has 0 bridgehead atoms. The summed E-state index contributed by atoms with van der Waals surface area (Å²) < 4.78 is 5.33. The minimum absolute atomic E-state index is 0.0709. The maximum Gasteiger partial charge on any atom is 0.142 e. The van der Waals surface area contributed by atoms with Gasteiger partial charge in [-0.3, -0.25) is 4.79 Å². The molecule has 3 unspecified atom stereocenters. The lowest BCUT2D eigenvalue weighted by molar-refractivity contribution is -0.126. The number of ketones is 1. The van der Waals surface area contributed by atoms with E-state index >= 15 is 0 Å².